The maximum atomic E-state index is 6.02. The van der Waals surface area contributed by atoms with E-state index in [1.807, 2.05) is 31.6 Å². The van der Waals surface area contributed by atoms with E-state index in [4.69, 9.17) is 4.74 Å². The highest BCUT2D eigenvalue weighted by Crippen LogP contribution is 2.30. The number of hydrogen-bond acceptors (Lipinski definition) is 8. The van der Waals surface area contributed by atoms with Crippen molar-refractivity contribution < 1.29 is 4.74 Å². The molecule has 1 aromatic carbocycles. The van der Waals surface area contributed by atoms with E-state index in [-0.39, 0.29) is 0 Å². The second-order valence-corrected chi connectivity index (χ2v) is 8.05. The first kappa shape index (κ1) is 20.2. The molecular weight excluding hydrogens is 396 g/mol. The number of nitrogens with one attached hydrogen (secondary N) is 2. The molecule has 4 rings (SSSR count). The van der Waals surface area contributed by atoms with Gasteiger partial charge in [0.1, 0.15) is 0 Å². The molecule has 0 radical (unpaired) electrons. The fourth-order valence-corrected chi connectivity index (χ4v) is 3.81. The van der Waals surface area contributed by atoms with Gasteiger partial charge in [0.25, 0.3) is 0 Å². The van der Waals surface area contributed by atoms with Gasteiger partial charge in [0.2, 0.25) is 5.88 Å². The van der Waals surface area contributed by atoms with Crippen LogP contribution in [-0.4, -0.2) is 49.7 Å². The van der Waals surface area contributed by atoms with E-state index >= 15 is 0 Å². The first-order valence-corrected chi connectivity index (χ1v) is 10.9. The summed E-state index contributed by atoms with van der Waals surface area (Å²) in [5, 5.41) is 9.31. The molecule has 0 fully saturated rings. The molecule has 0 spiro atoms. The smallest absolute Gasteiger partial charge is 0.222 e. The van der Waals surface area contributed by atoms with Crippen molar-refractivity contribution in [1.29, 1.82) is 0 Å². The summed E-state index contributed by atoms with van der Waals surface area (Å²) < 4.78 is 6.02. The van der Waals surface area contributed by atoms with Crippen molar-refractivity contribution in [2.24, 2.45) is 4.99 Å². The Hall–Kier alpha value is -3.13. The predicted molar refractivity (Wildman–Crippen MR) is 124 cm³/mol. The molecule has 156 valence electrons. The van der Waals surface area contributed by atoms with Gasteiger partial charge < -0.3 is 20.3 Å². The Morgan fingerprint density at radius 3 is 2.83 bits per heavy atom. The van der Waals surface area contributed by atoms with Gasteiger partial charge in [-0.05, 0) is 36.2 Å². The average Bonchev–Trinajstić information content (AvgIpc) is 3.23. The van der Waals surface area contributed by atoms with Gasteiger partial charge in [0, 0.05) is 50.9 Å². The van der Waals surface area contributed by atoms with Gasteiger partial charge >= 0.3 is 0 Å². The summed E-state index contributed by atoms with van der Waals surface area (Å²) >= 11 is 1.54. The minimum Gasteiger partial charge on any atom is -0.477 e. The fourth-order valence-electron chi connectivity index (χ4n) is 3.10. The maximum Gasteiger partial charge on any atom is 0.222 e. The van der Waals surface area contributed by atoms with Crippen molar-refractivity contribution in [3.63, 3.8) is 0 Å². The Kier molecular flexibility index (Phi) is 6.44. The molecule has 30 heavy (non-hydrogen) atoms. The number of rotatable bonds is 7. The normalized spacial score (nSPS) is 13.3. The summed E-state index contributed by atoms with van der Waals surface area (Å²) in [7, 11) is 4.08. The number of nitrogens with zero attached hydrogens (tertiary/aromatic N) is 4. The molecule has 7 nitrogen and oxygen atoms in total. The Morgan fingerprint density at radius 1 is 1.20 bits per heavy atom. The summed E-state index contributed by atoms with van der Waals surface area (Å²) in [6.45, 7) is 2.33. The lowest BCUT2D eigenvalue weighted by atomic mass is 10.1. The van der Waals surface area contributed by atoms with Gasteiger partial charge in [-0.2, -0.15) is 0 Å². The molecule has 0 aliphatic carbocycles. The highest BCUT2D eigenvalue weighted by atomic mass is 32.1. The van der Waals surface area contributed by atoms with E-state index in [9.17, 15) is 0 Å². The molecule has 0 atom stereocenters. The minimum absolute atomic E-state index is 0.557. The van der Waals surface area contributed by atoms with Crippen LogP contribution in [0.15, 0.2) is 53.0 Å². The van der Waals surface area contributed by atoms with Crippen LogP contribution in [0.1, 0.15) is 12.0 Å². The van der Waals surface area contributed by atoms with Crippen LogP contribution in [-0.2, 0) is 6.42 Å². The largest absolute Gasteiger partial charge is 0.477 e. The molecule has 2 N–H and O–H groups in total. The lowest BCUT2D eigenvalue weighted by Crippen LogP contribution is -2.35. The Balaban J connectivity index is 1.39. The van der Waals surface area contributed by atoms with E-state index in [1.54, 1.807) is 17.5 Å². The summed E-state index contributed by atoms with van der Waals surface area (Å²) in [6.07, 6.45) is 3.63. The number of hydrogen-bond donors (Lipinski definition) is 2. The summed E-state index contributed by atoms with van der Waals surface area (Å²) in [5.41, 5.74) is 4.16. The lowest BCUT2D eigenvalue weighted by molar-refractivity contribution is 0.311. The van der Waals surface area contributed by atoms with Crippen molar-refractivity contribution in [1.82, 2.24) is 15.3 Å². The number of benzene rings is 1. The van der Waals surface area contributed by atoms with Crippen LogP contribution < -0.4 is 20.3 Å². The molecule has 1 aliphatic rings. The number of aromatic nitrogens is 2. The highest BCUT2D eigenvalue weighted by Gasteiger charge is 2.13. The van der Waals surface area contributed by atoms with Gasteiger partial charge in [0.15, 0.2) is 11.1 Å². The number of pyridine rings is 1. The van der Waals surface area contributed by atoms with Crippen molar-refractivity contribution in [2.45, 2.75) is 12.8 Å². The Bertz CT molecular complexity index is 999. The maximum absolute atomic E-state index is 6.02. The number of thiazole rings is 1. The number of ether oxygens (including phenoxy) is 1. The molecule has 0 saturated heterocycles. The van der Waals surface area contributed by atoms with E-state index in [0.29, 0.717) is 12.5 Å². The van der Waals surface area contributed by atoms with Crippen LogP contribution in [0.3, 0.4) is 0 Å². The van der Waals surface area contributed by atoms with Crippen LogP contribution in [0.2, 0.25) is 0 Å². The number of anilines is 2. The monoisotopic (exact) mass is 422 g/mol. The molecule has 3 aromatic rings. The summed E-state index contributed by atoms with van der Waals surface area (Å²) in [5.74, 6) is 1.39. The fraction of sp³-hybridized carbons (Fsp3) is 0.318. The van der Waals surface area contributed by atoms with Crippen LogP contribution in [0, 0.1) is 0 Å². The van der Waals surface area contributed by atoms with Gasteiger partial charge in [-0.25, -0.2) is 9.97 Å². The third kappa shape index (κ3) is 5.07. The third-order valence-electron chi connectivity index (χ3n) is 4.76. The van der Waals surface area contributed by atoms with Crippen molar-refractivity contribution in [3.8, 4) is 17.1 Å². The predicted octanol–water partition coefficient (Wildman–Crippen LogP) is 3.65. The molecule has 3 heterocycles. The number of guanidine groups is 1. The van der Waals surface area contributed by atoms with E-state index in [1.165, 1.54) is 11.3 Å². The molecule has 1 aliphatic heterocycles. The second kappa shape index (κ2) is 9.58. The quantitative estimate of drug-likeness (QED) is 0.605. The standard InChI is InChI=1S/C22H26N6OS/c1-28(2)17-8-6-16(7-9-17)10-14-29-20-18(5-3-11-23-20)19-15-30-22(26-19)27-21-24-12-4-13-25-21/h3,5-9,11,15H,4,10,12-14H2,1-2H3,(H2,24,25,26,27). The van der Waals surface area contributed by atoms with Gasteiger partial charge in [-0.1, -0.05) is 12.1 Å². The first-order chi connectivity index (χ1) is 14.7. The van der Waals surface area contributed by atoms with Crippen molar-refractivity contribution in [2.75, 3.05) is 44.0 Å². The van der Waals surface area contributed by atoms with Crippen molar-refractivity contribution in [3.05, 3.63) is 53.5 Å². The highest BCUT2D eigenvalue weighted by molar-refractivity contribution is 7.14. The molecule has 0 saturated carbocycles. The third-order valence-corrected chi connectivity index (χ3v) is 5.51. The molecule has 0 amide bonds. The Morgan fingerprint density at radius 2 is 2.07 bits per heavy atom. The average molecular weight is 423 g/mol. The van der Waals surface area contributed by atoms with Gasteiger partial charge in [-0.3, -0.25) is 4.99 Å². The van der Waals surface area contributed by atoms with Crippen molar-refractivity contribution >= 4 is 28.1 Å². The Labute approximate surface area is 180 Å². The van der Waals surface area contributed by atoms with E-state index in [2.05, 4.69) is 54.8 Å². The molecule has 8 heteroatoms. The molecular formula is C22H26N6OS. The van der Waals surface area contributed by atoms with E-state index < -0.39 is 0 Å². The van der Waals surface area contributed by atoms with Crippen LogP contribution in [0.4, 0.5) is 10.8 Å². The second-order valence-electron chi connectivity index (χ2n) is 7.19. The topological polar surface area (TPSA) is 74.7 Å². The minimum atomic E-state index is 0.557. The SMILES string of the molecule is CN(C)c1ccc(CCOc2ncccc2-c2csc(NC3=NCCCN3)n2)cc1. The summed E-state index contributed by atoms with van der Waals surface area (Å²) in [4.78, 5) is 15.6. The number of aliphatic imine (C=N–C) groups is 1. The molecule has 2 aromatic heterocycles. The van der Waals surface area contributed by atoms with Crippen LogP contribution in [0.25, 0.3) is 11.3 Å². The van der Waals surface area contributed by atoms with Gasteiger partial charge in [0.05, 0.1) is 17.9 Å². The zero-order chi connectivity index (χ0) is 20.8. The molecule has 0 bridgehead atoms. The van der Waals surface area contributed by atoms with Crippen LogP contribution in [0.5, 0.6) is 5.88 Å². The zero-order valence-corrected chi connectivity index (χ0v) is 18.1. The van der Waals surface area contributed by atoms with Crippen LogP contribution >= 0.6 is 11.3 Å². The lowest BCUT2D eigenvalue weighted by Gasteiger charge is -2.14. The first-order valence-electron chi connectivity index (χ1n) is 10.0. The van der Waals surface area contributed by atoms with Gasteiger partial charge in [-0.15, -0.1) is 11.3 Å². The van der Waals surface area contributed by atoms with E-state index in [0.717, 1.165) is 48.3 Å². The molecule has 0 unspecified atom stereocenters. The zero-order valence-electron chi connectivity index (χ0n) is 17.3. The summed E-state index contributed by atoms with van der Waals surface area (Å²) in [6, 6.07) is 12.4.